The van der Waals surface area contributed by atoms with E-state index in [0.29, 0.717) is 0 Å². The Labute approximate surface area is 375 Å². The summed E-state index contributed by atoms with van der Waals surface area (Å²) >= 11 is 0. The Bertz CT molecular complexity index is 3700. The maximum absolute atomic E-state index is 7.46. The van der Waals surface area contributed by atoms with E-state index in [1.807, 2.05) is 0 Å². The third-order valence-electron chi connectivity index (χ3n) is 15.2. The lowest BCUT2D eigenvalue weighted by molar-refractivity contribution is 0.590. The van der Waals surface area contributed by atoms with Gasteiger partial charge in [-0.05, 0) is 121 Å². The largest absolute Gasteiger partial charge is 0.466 e. The van der Waals surface area contributed by atoms with Crippen molar-refractivity contribution < 1.29 is 8.83 Å². The van der Waals surface area contributed by atoms with Crippen molar-refractivity contribution in [2.45, 2.75) is 97.8 Å². The third kappa shape index (κ3) is 4.80. The Morgan fingerprint density at radius 1 is 0.531 bits per heavy atom. The molecule has 1 aliphatic carbocycles. The molecule has 4 nitrogen and oxygen atoms in total. The van der Waals surface area contributed by atoms with E-state index in [1.165, 1.54) is 88.4 Å². The summed E-state index contributed by atoms with van der Waals surface area (Å²) in [6, 6.07) is 46.1. The monoisotopic (exact) mass is 832 g/mol. The van der Waals surface area contributed by atoms with Gasteiger partial charge in [-0.15, -0.1) is 0 Å². The maximum atomic E-state index is 7.46. The van der Waals surface area contributed by atoms with Gasteiger partial charge in [-0.2, -0.15) is 0 Å². The van der Waals surface area contributed by atoms with Gasteiger partial charge in [0.15, 0.2) is 0 Å². The van der Waals surface area contributed by atoms with E-state index in [9.17, 15) is 0 Å². The first kappa shape index (κ1) is 38.0. The van der Waals surface area contributed by atoms with E-state index >= 15 is 0 Å². The van der Waals surface area contributed by atoms with Crippen molar-refractivity contribution in [1.82, 2.24) is 4.57 Å². The number of para-hydroxylation sites is 1. The second kappa shape index (κ2) is 12.0. The molecular weight excluding hydrogens is 779 g/mol. The van der Waals surface area contributed by atoms with Gasteiger partial charge >= 0.3 is 6.85 Å². The SMILES string of the molecule is CC(C)(C)c1ccc(N2B3c4oc5ccc(C(C)(C)C)cc5c4-n4c5ccc(C(C)(C)C)cc5c5c6oc7ccccc7c6c(c3c54)-c3cc4c(cc32)-c2ccccc2C4(C)C)cc1. The summed E-state index contributed by atoms with van der Waals surface area (Å²) in [7, 11) is 0. The normalized spacial score (nSPS) is 15.2. The van der Waals surface area contributed by atoms with Crippen LogP contribution in [0.25, 0.3) is 82.7 Å². The topological polar surface area (TPSA) is 34.5 Å². The molecule has 13 rings (SSSR count). The first-order valence-corrected chi connectivity index (χ1v) is 23.1. The van der Waals surface area contributed by atoms with Crippen molar-refractivity contribution in [2.75, 3.05) is 4.81 Å². The van der Waals surface area contributed by atoms with Crippen LogP contribution in [0.5, 0.6) is 0 Å². The third-order valence-corrected chi connectivity index (χ3v) is 15.2. The van der Waals surface area contributed by atoms with Gasteiger partial charge in [0.25, 0.3) is 0 Å². The van der Waals surface area contributed by atoms with Crippen molar-refractivity contribution in [3.8, 4) is 27.9 Å². The number of furan rings is 2. The van der Waals surface area contributed by atoms with Gasteiger partial charge in [0.05, 0.1) is 22.1 Å². The Kier molecular flexibility index (Phi) is 7.14. The van der Waals surface area contributed by atoms with Crippen LogP contribution < -0.4 is 15.9 Å². The highest BCUT2D eigenvalue weighted by atomic mass is 16.3. The molecule has 0 unspecified atom stereocenters. The molecule has 0 atom stereocenters. The number of hydrogen-bond donors (Lipinski definition) is 0. The van der Waals surface area contributed by atoms with E-state index < -0.39 is 0 Å². The minimum absolute atomic E-state index is 0.00943. The average molecular weight is 833 g/mol. The molecule has 5 heteroatoms. The minimum Gasteiger partial charge on any atom is -0.466 e. The number of fused-ring (bicyclic) bond motifs is 18. The summed E-state index contributed by atoms with van der Waals surface area (Å²) in [5.74, 6) is 0. The molecule has 314 valence electrons. The van der Waals surface area contributed by atoms with E-state index in [1.54, 1.807) is 0 Å². The van der Waals surface area contributed by atoms with Crippen LogP contribution in [0, 0.1) is 0 Å². The van der Waals surface area contributed by atoms with Crippen LogP contribution in [0.3, 0.4) is 0 Å². The molecule has 0 N–H and O–H groups in total. The first-order chi connectivity index (χ1) is 30.4. The van der Waals surface area contributed by atoms with Crippen molar-refractivity contribution >= 4 is 84.1 Å². The number of aromatic nitrogens is 1. The molecule has 0 bridgehead atoms. The standard InChI is InChI=1S/C59H53BN2O2/c1-56(2,3)32-20-24-35(25-21-32)62-45-31-38-36-16-12-14-18-42(36)59(10,11)43(38)30-40(45)48-49-37-17-13-15-19-46(37)63-54(49)50-39-28-33(57(4,5)6)22-26-44(39)61-52-41-29-34(58(7,8)9)23-27-47(41)64-55(52)60(62)51(48)53(50)61/h12-31H,1-11H3. The summed E-state index contributed by atoms with van der Waals surface area (Å²) in [5, 5.41) is 5.83. The molecule has 2 aliphatic heterocycles. The fraction of sp³-hybridized carbons (Fsp3) is 0.254. The summed E-state index contributed by atoms with van der Waals surface area (Å²) in [6.07, 6.45) is 0. The Balaban J connectivity index is 1.28. The van der Waals surface area contributed by atoms with Crippen LogP contribution in [-0.2, 0) is 21.7 Å². The summed E-state index contributed by atoms with van der Waals surface area (Å²) < 4.78 is 17.3. The Morgan fingerprint density at radius 2 is 1.17 bits per heavy atom. The molecule has 0 fully saturated rings. The number of rotatable bonds is 1. The van der Waals surface area contributed by atoms with E-state index in [4.69, 9.17) is 8.83 Å². The predicted octanol–water partition coefficient (Wildman–Crippen LogP) is 14.9. The van der Waals surface area contributed by atoms with Gasteiger partial charge < -0.3 is 18.2 Å². The zero-order valence-corrected chi connectivity index (χ0v) is 38.8. The number of anilines is 2. The van der Waals surface area contributed by atoms with Crippen molar-refractivity contribution in [3.05, 3.63) is 149 Å². The minimum atomic E-state index is -0.286. The zero-order valence-electron chi connectivity index (χ0n) is 38.8. The smallest absolute Gasteiger partial charge is 0.376 e. The molecule has 5 heterocycles. The zero-order chi connectivity index (χ0) is 44.1. The molecule has 0 radical (unpaired) electrons. The number of hydrogen-bond acceptors (Lipinski definition) is 3. The van der Waals surface area contributed by atoms with Gasteiger partial charge in [0.1, 0.15) is 22.4 Å². The maximum Gasteiger partial charge on any atom is 0.376 e. The van der Waals surface area contributed by atoms with Crippen LogP contribution in [0.15, 0.2) is 130 Å². The molecular formula is C59H53BN2O2. The van der Waals surface area contributed by atoms with Crippen molar-refractivity contribution in [2.24, 2.45) is 0 Å². The highest BCUT2D eigenvalue weighted by Gasteiger charge is 2.50. The highest BCUT2D eigenvalue weighted by molar-refractivity contribution is 6.93. The fourth-order valence-electron chi connectivity index (χ4n) is 11.8. The van der Waals surface area contributed by atoms with Gasteiger partial charge in [-0.3, -0.25) is 0 Å². The molecule has 3 aliphatic rings. The quantitative estimate of drug-likeness (QED) is 0.155. The van der Waals surface area contributed by atoms with Crippen LogP contribution in [0.2, 0.25) is 0 Å². The lowest BCUT2D eigenvalue weighted by Gasteiger charge is -2.41. The second-order valence-corrected chi connectivity index (χ2v) is 22.6. The van der Waals surface area contributed by atoms with Crippen molar-refractivity contribution in [1.29, 1.82) is 0 Å². The first-order valence-electron chi connectivity index (χ1n) is 23.1. The molecule has 64 heavy (non-hydrogen) atoms. The molecule has 10 aromatic rings. The van der Waals surface area contributed by atoms with Crippen LogP contribution >= 0.6 is 0 Å². The number of benzene rings is 7. The van der Waals surface area contributed by atoms with E-state index in [-0.39, 0.29) is 28.5 Å². The fourth-order valence-corrected chi connectivity index (χ4v) is 11.8. The average Bonchev–Trinajstić information content (AvgIpc) is 3.98. The Hall–Kier alpha value is -6.46. The summed E-state index contributed by atoms with van der Waals surface area (Å²) in [4.78, 5) is 2.62. The van der Waals surface area contributed by atoms with Gasteiger partial charge in [0.2, 0.25) is 0 Å². The Morgan fingerprint density at radius 3 is 1.91 bits per heavy atom. The van der Waals surface area contributed by atoms with Crippen LogP contribution in [-0.4, -0.2) is 11.4 Å². The lowest BCUT2D eigenvalue weighted by atomic mass is 9.46. The van der Waals surface area contributed by atoms with Crippen LogP contribution in [0.1, 0.15) is 104 Å². The van der Waals surface area contributed by atoms with Crippen molar-refractivity contribution in [3.63, 3.8) is 0 Å². The number of nitrogens with zero attached hydrogens (tertiary/aromatic N) is 2. The summed E-state index contributed by atoms with van der Waals surface area (Å²) in [6.45, 7) is 25.2. The van der Waals surface area contributed by atoms with Gasteiger partial charge in [-0.1, -0.05) is 143 Å². The lowest BCUT2D eigenvalue weighted by Crippen LogP contribution is -2.60. The van der Waals surface area contributed by atoms with Crippen LogP contribution in [0.4, 0.5) is 11.4 Å². The second-order valence-electron chi connectivity index (χ2n) is 22.6. The van der Waals surface area contributed by atoms with Gasteiger partial charge in [0, 0.05) is 43.9 Å². The molecule has 0 saturated carbocycles. The summed E-state index contributed by atoms with van der Waals surface area (Å²) in [5.41, 5.74) is 22.2. The predicted molar refractivity (Wildman–Crippen MR) is 271 cm³/mol. The van der Waals surface area contributed by atoms with E-state index in [0.717, 1.165) is 44.6 Å². The van der Waals surface area contributed by atoms with Gasteiger partial charge in [-0.25, -0.2) is 0 Å². The highest BCUT2D eigenvalue weighted by Crippen LogP contribution is 2.57. The molecule has 7 aromatic carbocycles. The van der Waals surface area contributed by atoms with E-state index in [2.05, 4.69) is 207 Å². The molecule has 0 saturated heterocycles. The molecule has 3 aromatic heterocycles. The molecule has 0 spiro atoms. The molecule has 0 amide bonds.